The number of pyridine rings is 1. The number of aryl methyl sites for hydroxylation is 1. The fourth-order valence-electron chi connectivity index (χ4n) is 1.93. The number of amides is 1. The monoisotopic (exact) mass is 280 g/mol. The lowest BCUT2D eigenvalue weighted by atomic mass is 10.0. The van der Waals surface area contributed by atoms with E-state index in [1.54, 1.807) is 48.6 Å². The van der Waals surface area contributed by atoms with Gasteiger partial charge in [-0.3, -0.25) is 9.78 Å². The van der Waals surface area contributed by atoms with E-state index in [0.29, 0.717) is 5.56 Å². The van der Waals surface area contributed by atoms with Crippen molar-refractivity contribution in [2.45, 2.75) is 6.92 Å². The van der Waals surface area contributed by atoms with Gasteiger partial charge in [0.2, 0.25) is 0 Å². The molecule has 2 aromatic rings. The van der Waals surface area contributed by atoms with Gasteiger partial charge in [0.05, 0.1) is 11.9 Å². The summed E-state index contributed by atoms with van der Waals surface area (Å²) in [6, 6.07) is 8.96. The Morgan fingerprint density at radius 1 is 1.38 bits per heavy atom. The van der Waals surface area contributed by atoms with Crippen molar-refractivity contribution in [1.82, 2.24) is 4.98 Å². The zero-order valence-corrected chi connectivity index (χ0v) is 12.0. The lowest BCUT2D eigenvalue weighted by molar-refractivity contribution is 0.0993. The highest BCUT2D eigenvalue weighted by molar-refractivity contribution is 6.05. The van der Waals surface area contributed by atoms with Crippen LogP contribution in [0, 0.1) is 18.8 Å². The first-order valence-electron chi connectivity index (χ1n) is 6.52. The van der Waals surface area contributed by atoms with Gasteiger partial charge in [-0.1, -0.05) is 11.8 Å². The highest BCUT2D eigenvalue weighted by atomic mass is 16.2. The molecule has 1 aromatic carbocycles. The average molecular weight is 280 g/mol. The highest BCUT2D eigenvalue weighted by Crippen LogP contribution is 2.16. The summed E-state index contributed by atoms with van der Waals surface area (Å²) in [4.78, 5) is 18.0. The van der Waals surface area contributed by atoms with Crippen molar-refractivity contribution < 1.29 is 9.90 Å². The average Bonchev–Trinajstić information content (AvgIpc) is 2.53. The predicted molar refractivity (Wildman–Crippen MR) is 82.1 cm³/mol. The predicted octanol–water partition coefficient (Wildman–Crippen LogP) is 2.01. The number of hydrogen-bond acceptors (Lipinski definition) is 3. The van der Waals surface area contributed by atoms with Gasteiger partial charge in [0.1, 0.15) is 6.61 Å². The number of benzene rings is 1. The van der Waals surface area contributed by atoms with Gasteiger partial charge < -0.3 is 10.0 Å². The summed E-state index contributed by atoms with van der Waals surface area (Å²) in [5.74, 6) is 5.36. The standard InChI is InChI=1S/C17H16N2O2/c1-13-11-15(8-7-14(13)5-4-10-20)17(21)19(2)16-6-3-9-18-12-16/h3,6-9,11-12,20H,10H2,1-2H3. The molecule has 0 bridgehead atoms. The number of aliphatic hydroxyl groups excluding tert-OH is 1. The third-order valence-electron chi connectivity index (χ3n) is 3.11. The molecule has 0 aliphatic carbocycles. The molecule has 0 saturated heterocycles. The molecule has 1 aromatic heterocycles. The van der Waals surface area contributed by atoms with Crippen LogP contribution >= 0.6 is 0 Å². The van der Waals surface area contributed by atoms with E-state index in [0.717, 1.165) is 16.8 Å². The zero-order valence-electron chi connectivity index (χ0n) is 12.0. The molecule has 0 fully saturated rings. The van der Waals surface area contributed by atoms with Crippen LogP contribution in [-0.2, 0) is 0 Å². The molecular formula is C17H16N2O2. The first-order valence-corrected chi connectivity index (χ1v) is 6.52. The molecule has 1 N–H and O–H groups in total. The number of carbonyl (C=O) groups excluding carboxylic acids is 1. The van der Waals surface area contributed by atoms with Crippen LogP contribution in [0.1, 0.15) is 21.5 Å². The Morgan fingerprint density at radius 2 is 2.19 bits per heavy atom. The first kappa shape index (κ1) is 14.8. The van der Waals surface area contributed by atoms with Gasteiger partial charge in [0.25, 0.3) is 5.91 Å². The number of aromatic nitrogens is 1. The van der Waals surface area contributed by atoms with Crippen LogP contribution in [-0.4, -0.2) is 29.7 Å². The summed E-state index contributed by atoms with van der Waals surface area (Å²) >= 11 is 0. The first-order chi connectivity index (χ1) is 10.1. The molecule has 21 heavy (non-hydrogen) atoms. The fourth-order valence-corrected chi connectivity index (χ4v) is 1.93. The number of anilines is 1. The Bertz CT molecular complexity index is 700. The second kappa shape index (κ2) is 6.69. The molecule has 1 heterocycles. The van der Waals surface area contributed by atoms with E-state index in [1.807, 2.05) is 13.0 Å². The van der Waals surface area contributed by atoms with Crippen LogP contribution in [0.5, 0.6) is 0 Å². The number of carbonyl (C=O) groups is 1. The Hall–Kier alpha value is -2.64. The Kier molecular flexibility index (Phi) is 4.70. The van der Waals surface area contributed by atoms with Crippen molar-refractivity contribution in [1.29, 1.82) is 0 Å². The quantitative estimate of drug-likeness (QED) is 0.856. The maximum absolute atomic E-state index is 12.4. The molecule has 0 atom stereocenters. The highest BCUT2D eigenvalue weighted by Gasteiger charge is 2.14. The molecule has 0 radical (unpaired) electrons. The number of rotatable bonds is 2. The minimum Gasteiger partial charge on any atom is -0.384 e. The maximum atomic E-state index is 12.4. The lowest BCUT2D eigenvalue weighted by Gasteiger charge is -2.17. The number of hydrogen-bond donors (Lipinski definition) is 1. The summed E-state index contributed by atoms with van der Waals surface area (Å²) in [7, 11) is 1.72. The Balaban J connectivity index is 2.26. The van der Waals surface area contributed by atoms with Gasteiger partial charge in [0.15, 0.2) is 0 Å². The number of nitrogens with zero attached hydrogens (tertiary/aromatic N) is 2. The minimum absolute atomic E-state index is 0.104. The van der Waals surface area contributed by atoms with Gasteiger partial charge in [-0.05, 0) is 42.8 Å². The van der Waals surface area contributed by atoms with Crippen molar-refractivity contribution in [3.8, 4) is 11.8 Å². The van der Waals surface area contributed by atoms with Crippen molar-refractivity contribution in [3.05, 3.63) is 59.4 Å². The normalized spacial score (nSPS) is 9.67. The summed E-state index contributed by atoms with van der Waals surface area (Å²) in [5, 5.41) is 8.72. The van der Waals surface area contributed by atoms with E-state index >= 15 is 0 Å². The van der Waals surface area contributed by atoms with Gasteiger partial charge in [-0.15, -0.1) is 0 Å². The molecule has 0 spiro atoms. The largest absolute Gasteiger partial charge is 0.384 e. The second-order valence-electron chi connectivity index (χ2n) is 4.56. The number of aliphatic hydroxyl groups is 1. The van der Waals surface area contributed by atoms with Crippen molar-refractivity contribution in [2.75, 3.05) is 18.6 Å². The van der Waals surface area contributed by atoms with Crippen LogP contribution in [0.25, 0.3) is 0 Å². The van der Waals surface area contributed by atoms with Gasteiger partial charge in [0, 0.05) is 24.4 Å². The Morgan fingerprint density at radius 3 is 2.81 bits per heavy atom. The van der Waals surface area contributed by atoms with E-state index in [1.165, 1.54) is 0 Å². The van der Waals surface area contributed by atoms with Crippen LogP contribution < -0.4 is 4.90 Å². The van der Waals surface area contributed by atoms with Gasteiger partial charge >= 0.3 is 0 Å². The molecular weight excluding hydrogens is 264 g/mol. The maximum Gasteiger partial charge on any atom is 0.258 e. The molecule has 2 rings (SSSR count). The molecule has 0 unspecified atom stereocenters. The fraction of sp³-hybridized carbons (Fsp3) is 0.176. The zero-order chi connectivity index (χ0) is 15.2. The van der Waals surface area contributed by atoms with Crippen LogP contribution in [0.2, 0.25) is 0 Å². The van der Waals surface area contributed by atoms with Crippen LogP contribution in [0.3, 0.4) is 0 Å². The summed E-state index contributed by atoms with van der Waals surface area (Å²) in [6.45, 7) is 1.71. The van der Waals surface area contributed by atoms with Crippen LogP contribution in [0.15, 0.2) is 42.7 Å². The summed E-state index contributed by atoms with van der Waals surface area (Å²) in [6.07, 6.45) is 3.31. The van der Waals surface area contributed by atoms with Crippen molar-refractivity contribution in [3.63, 3.8) is 0 Å². The molecule has 106 valence electrons. The third-order valence-corrected chi connectivity index (χ3v) is 3.11. The van der Waals surface area contributed by atoms with E-state index < -0.39 is 0 Å². The van der Waals surface area contributed by atoms with Crippen LogP contribution in [0.4, 0.5) is 5.69 Å². The Labute approximate surface area is 124 Å². The molecule has 1 amide bonds. The third kappa shape index (κ3) is 3.47. The van der Waals surface area contributed by atoms with Gasteiger partial charge in [-0.2, -0.15) is 0 Å². The smallest absolute Gasteiger partial charge is 0.258 e. The molecule has 4 heteroatoms. The van der Waals surface area contributed by atoms with E-state index in [2.05, 4.69) is 16.8 Å². The minimum atomic E-state index is -0.177. The lowest BCUT2D eigenvalue weighted by Crippen LogP contribution is -2.26. The van der Waals surface area contributed by atoms with E-state index in [-0.39, 0.29) is 12.5 Å². The molecule has 0 saturated carbocycles. The van der Waals surface area contributed by atoms with Crippen molar-refractivity contribution in [2.24, 2.45) is 0 Å². The molecule has 0 aliphatic heterocycles. The summed E-state index contributed by atoms with van der Waals surface area (Å²) < 4.78 is 0. The van der Waals surface area contributed by atoms with E-state index in [9.17, 15) is 4.79 Å². The molecule has 0 aliphatic rings. The summed E-state index contributed by atoms with van der Waals surface area (Å²) in [5.41, 5.74) is 3.05. The topological polar surface area (TPSA) is 53.4 Å². The van der Waals surface area contributed by atoms with Gasteiger partial charge in [-0.25, -0.2) is 0 Å². The van der Waals surface area contributed by atoms with Crippen molar-refractivity contribution >= 4 is 11.6 Å². The SMILES string of the molecule is Cc1cc(C(=O)N(C)c2cccnc2)ccc1C#CCO. The molecule has 4 nitrogen and oxygen atoms in total. The van der Waals surface area contributed by atoms with E-state index in [4.69, 9.17) is 5.11 Å². The second-order valence-corrected chi connectivity index (χ2v) is 4.56.